The van der Waals surface area contributed by atoms with Crippen LogP contribution in [0.5, 0.6) is 0 Å². The lowest BCUT2D eigenvalue weighted by Crippen LogP contribution is -2.22. The average molecular weight is 497 g/mol. The monoisotopic (exact) mass is 496 g/mol. The first-order valence-electron chi connectivity index (χ1n) is 10.3. The first-order chi connectivity index (χ1) is 15.7. The highest BCUT2D eigenvalue weighted by Crippen LogP contribution is 2.30. The van der Waals surface area contributed by atoms with Crippen LogP contribution in [-0.2, 0) is 23.1 Å². The molecule has 176 valence electrons. The molecule has 0 spiro atoms. The third kappa shape index (κ3) is 5.84. The van der Waals surface area contributed by atoms with E-state index in [1.807, 2.05) is 17.8 Å². The minimum absolute atomic E-state index is 0.00172. The van der Waals surface area contributed by atoms with E-state index in [-0.39, 0.29) is 18.1 Å². The van der Waals surface area contributed by atoms with Gasteiger partial charge in [-0.3, -0.25) is 4.72 Å². The molecule has 0 radical (unpaired) electrons. The zero-order valence-corrected chi connectivity index (χ0v) is 19.4. The van der Waals surface area contributed by atoms with Gasteiger partial charge in [-0.15, -0.1) is 11.3 Å². The van der Waals surface area contributed by atoms with E-state index in [1.54, 1.807) is 6.07 Å². The van der Waals surface area contributed by atoms with E-state index >= 15 is 0 Å². The Kier molecular flexibility index (Phi) is 6.91. The van der Waals surface area contributed by atoms with Gasteiger partial charge in [-0.05, 0) is 49.6 Å². The molecule has 0 atom stereocenters. The highest BCUT2D eigenvalue weighted by Gasteiger charge is 2.26. The van der Waals surface area contributed by atoms with Gasteiger partial charge in [0.1, 0.15) is 17.5 Å². The molecule has 6 nitrogen and oxygen atoms in total. The summed E-state index contributed by atoms with van der Waals surface area (Å²) in [6.07, 6.45) is 2.42. The minimum Gasteiger partial charge on any atom is -0.381 e. The predicted octanol–water partition coefficient (Wildman–Crippen LogP) is 4.82. The summed E-state index contributed by atoms with van der Waals surface area (Å²) in [5, 5.41) is 4.21. The molecule has 1 saturated carbocycles. The first-order valence-corrected chi connectivity index (χ1v) is 12.7. The van der Waals surface area contributed by atoms with Gasteiger partial charge in [-0.25, -0.2) is 26.6 Å². The van der Waals surface area contributed by atoms with Crippen molar-refractivity contribution in [1.29, 1.82) is 0 Å². The van der Waals surface area contributed by atoms with Crippen LogP contribution >= 0.6 is 11.3 Å². The van der Waals surface area contributed by atoms with Crippen molar-refractivity contribution in [2.24, 2.45) is 5.92 Å². The van der Waals surface area contributed by atoms with Crippen molar-refractivity contribution in [2.45, 2.75) is 30.8 Å². The molecule has 33 heavy (non-hydrogen) atoms. The molecule has 4 rings (SSSR count). The van der Waals surface area contributed by atoms with E-state index < -0.39 is 32.4 Å². The molecule has 1 fully saturated rings. The lowest BCUT2D eigenvalue weighted by molar-refractivity contribution is 0.311. The Morgan fingerprint density at radius 2 is 1.88 bits per heavy atom. The van der Waals surface area contributed by atoms with Crippen LogP contribution in [0.1, 0.15) is 24.0 Å². The number of aromatic nitrogens is 1. The number of thiazole rings is 1. The maximum absolute atomic E-state index is 14.6. The van der Waals surface area contributed by atoms with Crippen molar-refractivity contribution < 1.29 is 21.6 Å². The summed E-state index contributed by atoms with van der Waals surface area (Å²) in [6.45, 7) is 1.47. The SMILES string of the molecule is CN(Cc1cccc(F)c1CNc1cc(F)c(S(=O)(=O)Nc2cscn2)c(F)c1)CC1CC1. The van der Waals surface area contributed by atoms with Gasteiger partial charge in [-0.2, -0.15) is 0 Å². The van der Waals surface area contributed by atoms with Crippen molar-refractivity contribution in [3.8, 4) is 0 Å². The first kappa shape index (κ1) is 23.5. The standard InChI is InChI=1S/C22H23F3N4O2S2/c1-29(10-14-5-6-14)11-15-3-2-4-18(23)17(15)9-26-16-7-19(24)22(20(25)8-16)33(30,31)28-21-12-32-13-27-21/h2-4,7-8,12-14,26,28H,5-6,9-11H2,1H3. The van der Waals surface area contributed by atoms with Gasteiger partial charge in [0.15, 0.2) is 10.7 Å². The Hall–Kier alpha value is -2.63. The fraction of sp³-hybridized carbons (Fsp3) is 0.318. The van der Waals surface area contributed by atoms with Gasteiger partial charge in [0.25, 0.3) is 10.0 Å². The molecule has 2 aromatic carbocycles. The Morgan fingerprint density at radius 3 is 2.52 bits per heavy atom. The van der Waals surface area contributed by atoms with Gasteiger partial charge < -0.3 is 10.2 Å². The van der Waals surface area contributed by atoms with Crippen LogP contribution in [0.15, 0.2) is 46.1 Å². The quantitative estimate of drug-likeness (QED) is 0.421. The zero-order chi connectivity index (χ0) is 23.6. The van der Waals surface area contributed by atoms with Crippen LogP contribution in [-0.4, -0.2) is 31.9 Å². The molecule has 0 aliphatic heterocycles. The fourth-order valence-corrected chi connectivity index (χ4v) is 5.29. The van der Waals surface area contributed by atoms with E-state index in [2.05, 4.69) is 15.2 Å². The zero-order valence-electron chi connectivity index (χ0n) is 17.8. The second kappa shape index (κ2) is 9.70. The third-order valence-electron chi connectivity index (χ3n) is 5.33. The minimum atomic E-state index is -4.51. The number of rotatable bonds is 10. The van der Waals surface area contributed by atoms with Crippen molar-refractivity contribution in [3.05, 3.63) is 69.8 Å². The van der Waals surface area contributed by atoms with Crippen molar-refractivity contribution >= 4 is 32.9 Å². The highest BCUT2D eigenvalue weighted by atomic mass is 32.2. The molecule has 1 heterocycles. The van der Waals surface area contributed by atoms with Crippen LogP contribution in [0.3, 0.4) is 0 Å². The Balaban J connectivity index is 1.50. The molecule has 0 unspecified atom stereocenters. The maximum atomic E-state index is 14.6. The Morgan fingerprint density at radius 1 is 1.15 bits per heavy atom. The largest absolute Gasteiger partial charge is 0.381 e. The maximum Gasteiger partial charge on any atom is 0.268 e. The molecule has 0 amide bonds. The lowest BCUT2D eigenvalue weighted by Gasteiger charge is -2.19. The number of anilines is 2. The van der Waals surface area contributed by atoms with Gasteiger partial charge in [0, 0.05) is 36.3 Å². The van der Waals surface area contributed by atoms with E-state index in [0.29, 0.717) is 18.0 Å². The van der Waals surface area contributed by atoms with E-state index in [0.717, 1.165) is 35.6 Å². The average Bonchev–Trinajstić information content (AvgIpc) is 3.39. The summed E-state index contributed by atoms with van der Waals surface area (Å²) in [5.74, 6) is -2.29. The summed E-state index contributed by atoms with van der Waals surface area (Å²) < 4.78 is 70.6. The van der Waals surface area contributed by atoms with E-state index in [9.17, 15) is 21.6 Å². The normalized spacial score (nSPS) is 14.0. The third-order valence-corrected chi connectivity index (χ3v) is 7.32. The van der Waals surface area contributed by atoms with Gasteiger partial charge >= 0.3 is 0 Å². The van der Waals surface area contributed by atoms with Crippen LogP contribution in [0.4, 0.5) is 24.7 Å². The van der Waals surface area contributed by atoms with Gasteiger partial charge in [0.2, 0.25) is 0 Å². The van der Waals surface area contributed by atoms with Crippen molar-refractivity contribution in [3.63, 3.8) is 0 Å². The summed E-state index contributed by atoms with van der Waals surface area (Å²) in [7, 11) is -2.53. The number of halogens is 3. The molecule has 3 aromatic rings. The molecule has 1 aromatic heterocycles. The van der Waals surface area contributed by atoms with Crippen LogP contribution < -0.4 is 10.0 Å². The number of hydrogen-bond acceptors (Lipinski definition) is 6. The predicted molar refractivity (Wildman–Crippen MR) is 122 cm³/mol. The number of hydrogen-bond donors (Lipinski definition) is 2. The summed E-state index contributed by atoms with van der Waals surface area (Å²) in [5.41, 5.74) is 2.55. The molecule has 0 bridgehead atoms. The molecule has 1 aliphatic carbocycles. The lowest BCUT2D eigenvalue weighted by atomic mass is 10.1. The molecule has 2 N–H and O–H groups in total. The molecule has 0 saturated heterocycles. The number of nitrogens with one attached hydrogen (secondary N) is 2. The summed E-state index contributed by atoms with van der Waals surface area (Å²) in [6, 6.07) is 6.54. The fourth-order valence-electron chi connectivity index (χ4n) is 3.61. The Labute approximate surface area is 194 Å². The van der Waals surface area contributed by atoms with Crippen LogP contribution in [0.2, 0.25) is 0 Å². The molecule has 1 aliphatic rings. The summed E-state index contributed by atoms with van der Waals surface area (Å²) >= 11 is 1.13. The molecular weight excluding hydrogens is 473 g/mol. The smallest absolute Gasteiger partial charge is 0.268 e. The topological polar surface area (TPSA) is 74.3 Å². The molecule has 11 heteroatoms. The second-order valence-electron chi connectivity index (χ2n) is 8.12. The van der Waals surface area contributed by atoms with Crippen molar-refractivity contribution in [2.75, 3.05) is 23.6 Å². The van der Waals surface area contributed by atoms with Crippen LogP contribution in [0.25, 0.3) is 0 Å². The van der Waals surface area contributed by atoms with Gasteiger partial charge in [0.05, 0.1) is 5.51 Å². The highest BCUT2D eigenvalue weighted by molar-refractivity contribution is 7.92. The second-order valence-corrected chi connectivity index (χ2v) is 10.5. The number of nitrogens with zero attached hydrogens (tertiary/aromatic N) is 2. The summed E-state index contributed by atoms with van der Waals surface area (Å²) in [4.78, 5) is 4.78. The number of sulfonamides is 1. The molecular formula is C22H23F3N4O2S2. The number of benzene rings is 2. The Bertz CT molecular complexity index is 1210. The van der Waals surface area contributed by atoms with E-state index in [4.69, 9.17) is 0 Å². The van der Waals surface area contributed by atoms with E-state index in [1.165, 1.54) is 29.8 Å². The van der Waals surface area contributed by atoms with Crippen molar-refractivity contribution in [1.82, 2.24) is 9.88 Å². The van der Waals surface area contributed by atoms with Gasteiger partial charge in [-0.1, -0.05) is 12.1 Å². The van der Waals surface area contributed by atoms with Crippen LogP contribution in [0, 0.1) is 23.4 Å².